The number of hydrogen-bond acceptors (Lipinski definition) is 3. The maximum Gasteiger partial charge on any atom is 0.234 e. The molecule has 2 aromatic rings. The first-order valence-electron chi connectivity index (χ1n) is 5.37. The van der Waals surface area contributed by atoms with Gasteiger partial charge in [-0.05, 0) is 17.7 Å². The third-order valence-corrected chi connectivity index (χ3v) is 4.27. The lowest BCUT2D eigenvalue weighted by molar-refractivity contribution is 0.560. The van der Waals surface area contributed by atoms with Gasteiger partial charge in [-0.15, -0.1) is 0 Å². The molecule has 0 aromatic heterocycles. The van der Waals surface area contributed by atoms with Crippen LogP contribution >= 0.6 is 0 Å². The van der Waals surface area contributed by atoms with E-state index in [9.17, 15) is 13.2 Å². The highest BCUT2D eigenvalue weighted by Gasteiger charge is 2.18. The molecule has 0 N–H and O–H groups in total. The molecule has 0 aliphatic rings. The molecule has 0 saturated carbocycles. The Morgan fingerprint density at radius 3 is 2.17 bits per heavy atom. The second kappa shape index (κ2) is 5.14. The monoisotopic (exact) mass is 259 g/mol. The van der Waals surface area contributed by atoms with Gasteiger partial charge < -0.3 is 0 Å². The Kier molecular flexibility index (Phi) is 3.58. The summed E-state index contributed by atoms with van der Waals surface area (Å²) in [7, 11) is -3.52. The first-order chi connectivity index (χ1) is 8.63. The zero-order valence-electron chi connectivity index (χ0n) is 9.54. The highest BCUT2D eigenvalue weighted by atomic mass is 32.2. The minimum absolute atomic E-state index is 0.0313. The van der Waals surface area contributed by atoms with Gasteiger partial charge in [-0.2, -0.15) is 0 Å². The quantitative estimate of drug-likeness (QED) is 0.845. The first-order valence-corrected chi connectivity index (χ1v) is 7.02. The zero-order chi connectivity index (χ0) is 13.0. The lowest BCUT2D eigenvalue weighted by Crippen LogP contribution is -2.07. The fourth-order valence-corrected chi connectivity index (χ4v) is 3.21. The fourth-order valence-electron chi connectivity index (χ4n) is 1.69. The van der Waals surface area contributed by atoms with E-state index in [1.54, 1.807) is 42.7 Å². The van der Waals surface area contributed by atoms with Crippen molar-refractivity contribution in [2.45, 2.75) is 10.6 Å². The van der Waals surface area contributed by atoms with Crippen LogP contribution in [0.3, 0.4) is 0 Å². The average molecular weight is 259 g/mol. The van der Waals surface area contributed by atoms with Crippen molar-refractivity contribution in [1.82, 2.24) is 0 Å². The second-order valence-electron chi connectivity index (χ2n) is 3.84. The largest absolute Gasteiger partial charge is 0.285 e. The first kappa shape index (κ1) is 12.5. The summed E-state index contributed by atoms with van der Waals surface area (Å²) < 4.78 is 24.4. The molecular weight excluding hydrogens is 248 g/mol. The Labute approximate surface area is 106 Å². The van der Waals surface area contributed by atoms with Crippen LogP contribution < -0.4 is 0 Å². The number of sulfone groups is 1. The van der Waals surface area contributed by atoms with Crippen molar-refractivity contribution in [3.63, 3.8) is 0 Å². The van der Waals surface area contributed by atoms with Crippen LogP contribution in [0.2, 0.25) is 0 Å². The molecule has 0 unspecified atom stereocenters. The summed E-state index contributed by atoms with van der Waals surface area (Å²) in [6, 6.07) is 15.0. The molecule has 0 bridgehead atoms. The summed E-state index contributed by atoms with van der Waals surface area (Å²) in [4.78, 5) is 10.8. The predicted octanol–water partition coefficient (Wildman–Crippen LogP) is 2.12. The van der Waals surface area contributed by atoms with Gasteiger partial charge in [0.1, 0.15) is 0 Å². The van der Waals surface area contributed by atoms with Crippen LogP contribution in [0.4, 0.5) is 0 Å². The van der Waals surface area contributed by atoms with Gasteiger partial charge in [-0.3, -0.25) is 4.79 Å². The second-order valence-corrected chi connectivity index (χ2v) is 5.80. The maximum atomic E-state index is 12.2. The van der Waals surface area contributed by atoms with E-state index in [2.05, 4.69) is 0 Å². The topological polar surface area (TPSA) is 51.2 Å². The van der Waals surface area contributed by atoms with Gasteiger partial charge in [0.15, 0.2) is 9.84 Å². The Bertz CT molecular complexity index is 646. The fraction of sp³-hybridized carbons (Fsp3) is 0.0714. The third-order valence-electron chi connectivity index (χ3n) is 2.53. The van der Waals surface area contributed by atoms with Crippen LogP contribution in [-0.4, -0.2) is 14.7 Å². The summed E-state index contributed by atoms with van der Waals surface area (Å²) in [6.07, 6.45) is 1.66. The molecule has 2 rings (SSSR count). The van der Waals surface area contributed by atoms with Gasteiger partial charge in [0.05, 0.1) is 10.6 Å². The summed E-state index contributed by atoms with van der Waals surface area (Å²) in [5, 5.41) is 0. The average Bonchev–Trinajstić information content (AvgIpc) is 2.39. The molecule has 0 aliphatic heterocycles. The van der Waals surface area contributed by atoms with Gasteiger partial charge in [0, 0.05) is 5.56 Å². The van der Waals surface area contributed by atoms with E-state index < -0.39 is 9.84 Å². The van der Waals surface area contributed by atoms with Crippen LogP contribution in [0.5, 0.6) is 0 Å². The number of benzene rings is 2. The minimum atomic E-state index is -3.52. The molecule has 0 fully saturated rings. The molecule has 18 heavy (non-hydrogen) atoms. The molecule has 91 valence electrons. The van der Waals surface area contributed by atoms with Crippen LogP contribution in [0.1, 0.15) is 11.1 Å². The molecule has 0 aliphatic carbocycles. The van der Waals surface area contributed by atoms with Crippen molar-refractivity contribution in [3.8, 4) is 0 Å². The molecule has 0 heterocycles. The van der Waals surface area contributed by atoms with Crippen molar-refractivity contribution in [2.24, 2.45) is 0 Å². The highest BCUT2D eigenvalue weighted by Crippen LogP contribution is 2.19. The zero-order valence-corrected chi connectivity index (χ0v) is 10.4. The molecular formula is C14H11O3S. The van der Waals surface area contributed by atoms with E-state index in [1.165, 1.54) is 12.1 Å². The van der Waals surface area contributed by atoms with Gasteiger partial charge in [0.2, 0.25) is 6.29 Å². The SMILES string of the molecule is O=[C]c1ccccc1S(=O)(=O)Cc1ccccc1. The Hall–Kier alpha value is -1.94. The third kappa shape index (κ3) is 2.65. The van der Waals surface area contributed by atoms with E-state index in [0.29, 0.717) is 5.56 Å². The number of rotatable bonds is 4. The van der Waals surface area contributed by atoms with Crippen LogP contribution in [0.15, 0.2) is 59.5 Å². The van der Waals surface area contributed by atoms with Crippen molar-refractivity contribution >= 4 is 16.1 Å². The Morgan fingerprint density at radius 1 is 0.889 bits per heavy atom. The van der Waals surface area contributed by atoms with Crippen molar-refractivity contribution in [2.75, 3.05) is 0 Å². The molecule has 0 amide bonds. The Balaban J connectivity index is 2.40. The van der Waals surface area contributed by atoms with Crippen molar-refractivity contribution in [3.05, 3.63) is 65.7 Å². The standard InChI is InChI=1S/C14H11O3S/c15-10-13-8-4-5-9-14(13)18(16,17)11-12-6-2-1-3-7-12/h1-9H,11H2. The highest BCUT2D eigenvalue weighted by molar-refractivity contribution is 7.90. The molecule has 0 spiro atoms. The number of carbonyl (C=O) groups excluding carboxylic acids is 1. The molecule has 0 atom stereocenters. The lowest BCUT2D eigenvalue weighted by Gasteiger charge is -2.06. The van der Waals surface area contributed by atoms with Gasteiger partial charge in [-0.1, -0.05) is 42.5 Å². The maximum absolute atomic E-state index is 12.2. The molecule has 1 radical (unpaired) electrons. The predicted molar refractivity (Wildman–Crippen MR) is 68.6 cm³/mol. The molecule has 2 aromatic carbocycles. The lowest BCUT2D eigenvalue weighted by atomic mass is 10.2. The van der Waals surface area contributed by atoms with Crippen LogP contribution in [0.25, 0.3) is 0 Å². The normalized spacial score (nSPS) is 11.1. The van der Waals surface area contributed by atoms with E-state index in [0.717, 1.165) is 0 Å². The van der Waals surface area contributed by atoms with E-state index >= 15 is 0 Å². The van der Waals surface area contributed by atoms with Crippen molar-refractivity contribution < 1.29 is 13.2 Å². The van der Waals surface area contributed by atoms with Crippen molar-refractivity contribution in [1.29, 1.82) is 0 Å². The minimum Gasteiger partial charge on any atom is -0.285 e. The van der Waals surface area contributed by atoms with Crippen LogP contribution in [0, 0.1) is 0 Å². The molecule has 4 heteroatoms. The summed E-state index contributed by atoms with van der Waals surface area (Å²) in [5.41, 5.74) is 0.770. The molecule has 0 saturated heterocycles. The van der Waals surface area contributed by atoms with Gasteiger partial charge in [-0.25, -0.2) is 8.42 Å². The van der Waals surface area contributed by atoms with Crippen LogP contribution in [-0.2, 0) is 20.4 Å². The summed E-state index contributed by atoms with van der Waals surface area (Å²) >= 11 is 0. The summed E-state index contributed by atoms with van der Waals surface area (Å²) in [6.45, 7) is 0. The summed E-state index contributed by atoms with van der Waals surface area (Å²) in [5.74, 6) is -0.119. The van der Waals surface area contributed by atoms with E-state index in [1.807, 2.05) is 6.07 Å². The van der Waals surface area contributed by atoms with Gasteiger partial charge in [0.25, 0.3) is 0 Å². The smallest absolute Gasteiger partial charge is 0.234 e. The van der Waals surface area contributed by atoms with Gasteiger partial charge >= 0.3 is 0 Å². The van der Waals surface area contributed by atoms with E-state index in [4.69, 9.17) is 0 Å². The number of hydrogen-bond donors (Lipinski definition) is 0. The molecule has 3 nitrogen and oxygen atoms in total. The Morgan fingerprint density at radius 2 is 1.50 bits per heavy atom. The van der Waals surface area contributed by atoms with E-state index in [-0.39, 0.29) is 16.2 Å².